The van der Waals surface area contributed by atoms with Gasteiger partial charge in [-0.3, -0.25) is 0 Å². The molecule has 0 spiro atoms. The fraction of sp³-hybridized carbons (Fsp3) is 0.409. The van der Waals surface area contributed by atoms with Crippen molar-refractivity contribution in [3.63, 3.8) is 0 Å². The fourth-order valence-electron chi connectivity index (χ4n) is 4.24. The number of benzene rings is 2. The molecule has 0 bridgehead atoms. The molecule has 1 aliphatic heterocycles. The van der Waals surface area contributed by atoms with Crippen molar-refractivity contribution in [3.8, 4) is 0 Å². The minimum atomic E-state index is -3.03. The molecule has 0 radical (unpaired) electrons. The van der Waals surface area contributed by atoms with E-state index in [2.05, 4.69) is 41.7 Å². The second-order valence-corrected chi connectivity index (χ2v) is 10.1. The van der Waals surface area contributed by atoms with Crippen molar-refractivity contribution < 1.29 is 13.2 Å². The van der Waals surface area contributed by atoms with Crippen molar-refractivity contribution in [2.75, 3.05) is 11.5 Å². The van der Waals surface area contributed by atoms with Crippen LogP contribution >= 0.6 is 0 Å². The van der Waals surface area contributed by atoms with Gasteiger partial charge < -0.3 is 10.2 Å². The van der Waals surface area contributed by atoms with Gasteiger partial charge in [0.15, 0.2) is 9.84 Å². The van der Waals surface area contributed by atoms with Gasteiger partial charge in [0.25, 0.3) is 0 Å². The molecule has 0 unspecified atom stereocenters. The van der Waals surface area contributed by atoms with Crippen molar-refractivity contribution in [2.45, 2.75) is 44.8 Å². The minimum Gasteiger partial charge on any atom is -0.334 e. The summed E-state index contributed by atoms with van der Waals surface area (Å²) in [4.78, 5) is 15.1. The zero-order valence-corrected chi connectivity index (χ0v) is 16.9. The molecule has 1 saturated heterocycles. The number of carbonyl (C=O) groups excluding carboxylic acids is 1. The maximum Gasteiger partial charge on any atom is 0.318 e. The molecule has 5 nitrogen and oxygen atoms in total. The average molecular weight is 399 g/mol. The maximum atomic E-state index is 13.2. The Hall–Kier alpha value is -2.34. The molecule has 2 atom stereocenters. The molecular weight excluding hydrogens is 372 g/mol. The van der Waals surface area contributed by atoms with Crippen LogP contribution in [0.5, 0.6) is 0 Å². The highest BCUT2D eigenvalue weighted by Gasteiger charge is 2.34. The second-order valence-electron chi connectivity index (χ2n) is 7.92. The van der Waals surface area contributed by atoms with E-state index in [9.17, 15) is 13.2 Å². The zero-order chi connectivity index (χ0) is 19.7. The van der Waals surface area contributed by atoms with E-state index in [0.29, 0.717) is 13.0 Å². The predicted octanol–water partition coefficient (Wildman–Crippen LogP) is 3.38. The first-order valence-corrected chi connectivity index (χ1v) is 11.6. The highest BCUT2D eigenvalue weighted by molar-refractivity contribution is 7.91. The van der Waals surface area contributed by atoms with Gasteiger partial charge in [0.05, 0.1) is 17.5 Å². The highest BCUT2D eigenvalue weighted by atomic mass is 32.2. The van der Waals surface area contributed by atoms with Crippen LogP contribution in [-0.4, -0.2) is 36.9 Å². The van der Waals surface area contributed by atoms with Crippen molar-refractivity contribution in [1.29, 1.82) is 0 Å². The quantitative estimate of drug-likeness (QED) is 0.859. The van der Waals surface area contributed by atoms with Crippen LogP contribution in [0.25, 0.3) is 0 Å². The van der Waals surface area contributed by atoms with E-state index in [1.807, 2.05) is 24.0 Å². The van der Waals surface area contributed by atoms with Crippen LogP contribution in [0.3, 0.4) is 0 Å². The third kappa shape index (κ3) is 4.07. The lowest BCUT2D eigenvalue weighted by Crippen LogP contribution is -2.46. The topological polar surface area (TPSA) is 66.5 Å². The van der Waals surface area contributed by atoms with E-state index in [0.717, 1.165) is 18.4 Å². The van der Waals surface area contributed by atoms with Crippen LogP contribution in [0.4, 0.5) is 4.79 Å². The lowest BCUT2D eigenvalue weighted by molar-refractivity contribution is 0.167. The minimum absolute atomic E-state index is 0.00973. The van der Waals surface area contributed by atoms with E-state index in [-0.39, 0.29) is 29.6 Å². The van der Waals surface area contributed by atoms with Crippen LogP contribution in [0.1, 0.15) is 41.1 Å². The molecule has 2 aromatic carbocycles. The molecule has 28 heavy (non-hydrogen) atoms. The number of urea groups is 1. The first kappa shape index (κ1) is 19.0. The van der Waals surface area contributed by atoms with Crippen LogP contribution < -0.4 is 5.32 Å². The number of hydrogen-bond acceptors (Lipinski definition) is 3. The Morgan fingerprint density at radius 2 is 1.86 bits per heavy atom. The summed E-state index contributed by atoms with van der Waals surface area (Å²) in [7, 11) is -3.03. The Balaban J connectivity index is 1.58. The summed E-state index contributed by atoms with van der Waals surface area (Å²) in [5, 5.41) is 2.98. The Morgan fingerprint density at radius 3 is 2.57 bits per heavy atom. The molecule has 2 aromatic rings. The molecule has 1 fully saturated rings. The number of fused-ring (bicyclic) bond motifs is 1. The lowest BCUT2D eigenvalue weighted by Gasteiger charge is -2.31. The molecule has 1 aliphatic carbocycles. The molecule has 0 saturated carbocycles. The summed E-state index contributed by atoms with van der Waals surface area (Å²) in [6.07, 6.45) is 2.34. The Labute approximate surface area is 166 Å². The number of hydrogen-bond donors (Lipinski definition) is 1. The first-order chi connectivity index (χ1) is 13.4. The largest absolute Gasteiger partial charge is 0.334 e. The number of carbonyl (C=O) groups is 1. The highest BCUT2D eigenvalue weighted by Crippen LogP contribution is 2.36. The molecule has 6 heteroatoms. The van der Waals surface area contributed by atoms with Gasteiger partial charge in [-0.1, -0.05) is 54.1 Å². The third-order valence-corrected chi connectivity index (χ3v) is 7.54. The summed E-state index contributed by atoms with van der Waals surface area (Å²) in [6.45, 7) is 2.55. The Morgan fingerprint density at radius 1 is 1.11 bits per heavy atom. The smallest absolute Gasteiger partial charge is 0.318 e. The second kappa shape index (κ2) is 7.59. The standard InChI is InChI=1S/C22H26N2O3S/c1-16-6-8-17(9-7-16)14-24(21-11-10-18-4-2-3-5-20(18)21)22(25)23-19-12-13-28(26,27)15-19/h2-9,19,21H,10-15H2,1H3,(H,23,25)/t19-,21+/m1/s1. The van der Waals surface area contributed by atoms with Gasteiger partial charge in [-0.2, -0.15) is 0 Å². The van der Waals surface area contributed by atoms with Gasteiger partial charge in [-0.05, 0) is 42.9 Å². The average Bonchev–Trinajstić information content (AvgIpc) is 3.24. The first-order valence-electron chi connectivity index (χ1n) is 9.82. The number of aryl methyl sites for hydroxylation is 2. The Kier molecular flexibility index (Phi) is 5.15. The summed E-state index contributed by atoms with van der Waals surface area (Å²) >= 11 is 0. The van der Waals surface area contributed by atoms with Crippen LogP contribution in [0.2, 0.25) is 0 Å². The third-order valence-electron chi connectivity index (χ3n) is 5.77. The van der Waals surface area contributed by atoms with Crippen molar-refractivity contribution in [1.82, 2.24) is 10.2 Å². The van der Waals surface area contributed by atoms with Gasteiger partial charge in [0, 0.05) is 12.6 Å². The number of rotatable bonds is 4. The van der Waals surface area contributed by atoms with Gasteiger partial charge in [0.1, 0.15) is 0 Å². The van der Waals surface area contributed by atoms with E-state index < -0.39 is 9.84 Å². The predicted molar refractivity (Wildman–Crippen MR) is 110 cm³/mol. The number of nitrogens with one attached hydrogen (secondary N) is 1. The molecule has 2 aliphatic rings. The van der Waals surface area contributed by atoms with Crippen LogP contribution in [0.15, 0.2) is 48.5 Å². The van der Waals surface area contributed by atoms with Crippen LogP contribution in [-0.2, 0) is 22.8 Å². The SMILES string of the molecule is Cc1ccc(CN(C(=O)N[C@@H]2CCS(=O)(=O)C2)[C@H]2CCc3ccccc32)cc1. The molecule has 148 valence electrons. The summed E-state index contributed by atoms with van der Waals surface area (Å²) in [6, 6.07) is 16.0. The van der Waals surface area contributed by atoms with Crippen molar-refractivity contribution in [2.24, 2.45) is 0 Å². The lowest BCUT2D eigenvalue weighted by atomic mass is 10.1. The van der Waals surface area contributed by atoms with Crippen molar-refractivity contribution in [3.05, 3.63) is 70.8 Å². The normalized spacial score (nSPS) is 22.6. The monoisotopic (exact) mass is 398 g/mol. The van der Waals surface area contributed by atoms with Crippen LogP contribution in [0, 0.1) is 6.92 Å². The number of sulfone groups is 1. The van der Waals surface area contributed by atoms with Gasteiger partial charge in [-0.25, -0.2) is 13.2 Å². The molecular formula is C22H26N2O3S. The summed E-state index contributed by atoms with van der Waals surface area (Å²) < 4.78 is 23.5. The molecule has 2 amide bonds. The van der Waals surface area contributed by atoms with Gasteiger partial charge >= 0.3 is 6.03 Å². The molecule has 0 aromatic heterocycles. The molecule has 1 heterocycles. The molecule has 1 N–H and O–H groups in total. The summed E-state index contributed by atoms with van der Waals surface area (Å²) in [5.41, 5.74) is 4.74. The molecule has 4 rings (SSSR count). The van der Waals surface area contributed by atoms with Crippen molar-refractivity contribution >= 4 is 15.9 Å². The van der Waals surface area contributed by atoms with Gasteiger partial charge in [-0.15, -0.1) is 0 Å². The van der Waals surface area contributed by atoms with E-state index in [1.54, 1.807) is 0 Å². The zero-order valence-electron chi connectivity index (χ0n) is 16.1. The van der Waals surface area contributed by atoms with Gasteiger partial charge in [0.2, 0.25) is 0 Å². The summed E-state index contributed by atoms with van der Waals surface area (Å²) in [5.74, 6) is 0.195. The number of nitrogens with zero attached hydrogens (tertiary/aromatic N) is 1. The van der Waals surface area contributed by atoms with E-state index >= 15 is 0 Å². The van der Waals surface area contributed by atoms with E-state index in [4.69, 9.17) is 0 Å². The Bertz CT molecular complexity index is 970. The maximum absolute atomic E-state index is 13.2. The number of amides is 2. The van der Waals surface area contributed by atoms with E-state index in [1.165, 1.54) is 16.7 Å². The fourth-order valence-corrected chi connectivity index (χ4v) is 5.91.